The van der Waals surface area contributed by atoms with E-state index in [0.717, 1.165) is 29.0 Å². The van der Waals surface area contributed by atoms with E-state index in [0.29, 0.717) is 5.37 Å². The highest BCUT2D eigenvalue weighted by Crippen LogP contribution is 2.25. The summed E-state index contributed by atoms with van der Waals surface area (Å²) in [7, 11) is 0. The van der Waals surface area contributed by atoms with Crippen LogP contribution in [0.3, 0.4) is 0 Å². The first-order valence-electron chi connectivity index (χ1n) is 5.59. The van der Waals surface area contributed by atoms with Crippen LogP contribution in [-0.4, -0.2) is 28.5 Å². The summed E-state index contributed by atoms with van der Waals surface area (Å²) in [6.07, 6.45) is 0. The molecule has 1 unspecified atom stereocenters. The minimum Gasteiger partial charge on any atom is -0.326 e. The molecule has 1 aliphatic rings. The molecule has 16 heavy (non-hydrogen) atoms. The van der Waals surface area contributed by atoms with Crippen LogP contribution in [0, 0.1) is 13.8 Å². The van der Waals surface area contributed by atoms with Crippen LogP contribution in [0.25, 0.3) is 0 Å². The van der Waals surface area contributed by atoms with Gasteiger partial charge in [-0.1, -0.05) is 17.7 Å². The van der Waals surface area contributed by atoms with Gasteiger partial charge in [0.15, 0.2) is 0 Å². The first kappa shape index (κ1) is 11.5. The van der Waals surface area contributed by atoms with Gasteiger partial charge in [0.1, 0.15) is 0 Å². The third-order valence-electron chi connectivity index (χ3n) is 3.01. The molecule has 3 heteroatoms. The fourth-order valence-electron chi connectivity index (χ4n) is 1.98. The Morgan fingerprint density at radius 2 is 2.19 bits per heavy atom. The minimum atomic E-state index is 0.179. The first-order valence-corrected chi connectivity index (χ1v) is 6.64. The Bertz CT molecular complexity index is 416. The van der Waals surface area contributed by atoms with Crippen molar-refractivity contribution in [2.45, 2.75) is 26.1 Å². The lowest BCUT2D eigenvalue weighted by Crippen LogP contribution is -2.33. The lowest BCUT2D eigenvalue weighted by atomic mass is 10.0. The van der Waals surface area contributed by atoms with Gasteiger partial charge in [-0.05, 0) is 32.4 Å². The van der Waals surface area contributed by atoms with Crippen LogP contribution < -0.4 is 0 Å². The van der Waals surface area contributed by atoms with Gasteiger partial charge >= 0.3 is 0 Å². The van der Waals surface area contributed by atoms with Crippen LogP contribution in [-0.2, 0) is 0 Å². The zero-order chi connectivity index (χ0) is 11.7. The molecule has 1 saturated heterocycles. The normalized spacial score (nSPS) is 20.2. The number of amides is 1. The summed E-state index contributed by atoms with van der Waals surface area (Å²) in [5.41, 5.74) is 3.07. The molecule has 86 valence electrons. The number of carbonyl (C=O) groups is 1. The number of hydrogen-bond donors (Lipinski definition) is 0. The first-order chi connectivity index (χ1) is 7.59. The Kier molecular flexibility index (Phi) is 3.24. The highest BCUT2D eigenvalue weighted by Gasteiger charge is 2.27. The summed E-state index contributed by atoms with van der Waals surface area (Å²) in [4.78, 5) is 14.3. The van der Waals surface area contributed by atoms with Gasteiger partial charge in [0.25, 0.3) is 5.91 Å². The molecule has 1 heterocycles. The maximum atomic E-state index is 12.3. The zero-order valence-corrected chi connectivity index (χ0v) is 10.8. The van der Waals surface area contributed by atoms with E-state index in [2.05, 4.69) is 6.92 Å². The molecular weight excluding hydrogens is 218 g/mol. The fourth-order valence-corrected chi connectivity index (χ4v) is 3.01. The largest absolute Gasteiger partial charge is 0.326 e. The topological polar surface area (TPSA) is 20.3 Å². The maximum absolute atomic E-state index is 12.3. The van der Waals surface area contributed by atoms with E-state index < -0.39 is 0 Å². The summed E-state index contributed by atoms with van der Waals surface area (Å²) in [6, 6.07) is 6.07. The smallest absolute Gasteiger partial charge is 0.255 e. The van der Waals surface area contributed by atoms with Crippen molar-refractivity contribution in [2.75, 3.05) is 12.3 Å². The molecule has 1 aromatic carbocycles. The Morgan fingerprint density at radius 1 is 1.44 bits per heavy atom. The number of benzene rings is 1. The van der Waals surface area contributed by atoms with Crippen molar-refractivity contribution in [1.82, 2.24) is 4.90 Å². The number of hydrogen-bond acceptors (Lipinski definition) is 2. The summed E-state index contributed by atoms with van der Waals surface area (Å²) < 4.78 is 0. The molecule has 1 fully saturated rings. The van der Waals surface area contributed by atoms with Crippen LogP contribution in [0.2, 0.25) is 0 Å². The molecule has 2 nitrogen and oxygen atoms in total. The average molecular weight is 235 g/mol. The van der Waals surface area contributed by atoms with Gasteiger partial charge in [0.05, 0.1) is 5.37 Å². The molecule has 0 aromatic heterocycles. The van der Waals surface area contributed by atoms with E-state index in [9.17, 15) is 4.79 Å². The van der Waals surface area contributed by atoms with Gasteiger partial charge in [-0.15, -0.1) is 11.8 Å². The molecule has 1 aromatic rings. The van der Waals surface area contributed by atoms with Crippen molar-refractivity contribution in [3.63, 3.8) is 0 Å². The number of rotatable bonds is 1. The monoisotopic (exact) mass is 235 g/mol. The van der Waals surface area contributed by atoms with Crippen molar-refractivity contribution < 1.29 is 4.79 Å². The summed E-state index contributed by atoms with van der Waals surface area (Å²) in [5, 5.41) is 0.312. The summed E-state index contributed by atoms with van der Waals surface area (Å²) >= 11 is 1.84. The second-order valence-electron chi connectivity index (χ2n) is 4.29. The Balaban J connectivity index is 2.29. The number of nitrogens with zero attached hydrogens (tertiary/aromatic N) is 1. The van der Waals surface area contributed by atoms with Crippen LogP contribution in [0.1, 0.15) is 28.4 Å². The van der Waals surface area contributed by atoms with Crippen LogP contribution in [0.5, 0.6) is 0 Å². The molecule has 1 amide bonds. The van der Waals surface area contributed by atoms with Crippen molar-refractivity contribution in [1.29, 1.82) is 0 Å². The van der Waals surface area contributed by atoms with Crippen molar-refractivity contribution in [2.24, 2.45) is 0 Å². The molecule has 1 atom stereocenters. The molecule has 0 spiro atoms. The summed E-state index contributed by atoms with van der Waals surface area (Å²) in [6.45, 7) is 7.00. The van der Waals surface area contributed by atoms with E-state index in [-0.39, 0.29) is 5.91 Å². The van der Waals surface area contributed by atoms with Gasteiger partial charge in [0.2, 0.25) is 0 Å². The van der Waals surface area contributed by atoms with Gasteiger partial charge in [0, 0.05) is 17.9 Å². The number of carbonyl (C=O) groups excluding carboxylic acids is 1. The molecule has 0 saturated carbocycles. The number of thioether (sulfide) groups is 1. The Labute approximate surface area is 101 Å². The third kappa shape index (κ3) is 2.09. The Hall–Kier alpha value is -0.960. The van der Waals surface area contributed by atoms with Crippen molar-refractivity contribution in [3.8, 4) is 0 Å². The van der Waals surface area contributed by atoms with E-state index in [4.69, 9.17) is 0 Å². The third-order valence-corrected chi connectivity index (χ3v) is 4.17. The standard InChI is InChI=1S/C13H17NOS/c1-9-4-5-10(2)12(8-9)13(15)14-6-7-16-11(14)3/h4-5,8,11H,6-7H2,1-3H3. The van der Waals surface area contributed by atoms with Crippen molar-refractivity contribution >= 4 is 17.7 Å². The van der Waals surface area contributed by atoms with Crippen LogP contribution >= 0.6 is 11.8 Å². The molecular formula is C13H17NOS. The van der Waals surface area contributed by atoms with Gasteiger partial charge in [-0.3, -0.25) is 4.79 Å². The zero-order valence-electron chi connectivity index (χ0n) is 9.99. The lowest BCUT2D eigenvalue weighted by molar-refractivity contribution is 0.0768. The highest BCUT2D eigenvalue weighted by molar-refractivity contribution is 8.00. The van der Waals surface area contributed by atoms with E-state index >= 15 is 0 Å². The predicted octanol–water partition coefficient (Wildman–Crippen LogP) is 2.84. The van der Waals surface area contributed by atoms with E-state index in [1.54, 1.807) is 0 Å². The van der Waals surface area contributed by atoms with E-state index in [1.807, 2.05) is 48.7 Å². The highest BCUT2D eigenvalue weighted by atomic mass is 32.2. The number of aryl methyl sites for hydroxylation is 2. The summed E-state index contributed by atoms with van der Waals surface area (Å²) in [5.74, 6) is 1.23. The van der Waals surface area contributed by atoms with Gasteiger partial charge in [-0.2, -0.15) is 0 Å². The average Bonchev–Trinajstić information content (AvgIpc) is 2.67. The molecule has 0 radical (unpaired) electrons. The molecule has 0 aliphatic carbocycles. The lowest BCUT2D eigenvalue weighted by Gasteiger charge is -2.21. The SMILES string of the molecule is Cc1ccc(C)c(C(=O)N2CCSC2C)c1. The van der Waals surface area contributed by atoms with E-state index in [1.165, 1.54) is 0 Å². The molecule has 2 rings (SSSR count). The maximum Gasteiger partial charge on any atom is 0.255 e. The van der Waals surface area contributed by atoms with Crippen LogP contribution in [0.4, 0.5) is 0 Å². The predicted molar refractivity (Wildman–Crippen MR) is 68.9 cm³/mol. The molecule has 0 bridgehead atoms. The second-order valence-corrected chi connectivity index (χ2v) is 5.71. The second kappa shape index (κ2) is 4.50. The molecule has 0 N–H and O–H groups in total. The quantitative estimate of drug-likeness (QED) is 0.746. The van der Waals surface area contributed by atoms with Crippen molar-refractivity contribution in [3.05, 3.63) is 34.9 Å². The minimum absolute atomic E-state index is 0.179. The molecule has 1 aliphatic heterocycles. The Morgan fingerprint density at radius 3 is 2.81 bits per heavy atom. The van der Waals surface area contributed by atoms with Crippen LogP contribution in [0.15, 0.2) is 18.2 Å². The van der Waals surface area contributed by atoms with Gasteiger partial charge < -0.3 is 4.90 Å². The van der Waals surface area contributed by atoms with Gasteiger partial charge in [-0.25, -0.2) is 0 Å². The fraction of sp³-hybridized carbons (Fsp3) is 0.462.